The Labute approximate surface area is 126 Å². The van der Waals surface area contributed by atoms with E-state index in [-0.39, 0.29) is 12.6 Å². The average molecular weight is 304 g/mol. The average Bonchev–Trinajstić information content (AvgIpc) is 2.99. The summed E-state index contributed by atoms with van der Waals surface area (Å²) in [6, 6.07) is 6.23. The molecular weight excluding hydrogens is 288 g/mol. The summed E-state index contributed by atoms with van der Waals surface area (Å²) in [6.45, 7) is 1.89. The van der Waals surface area contributed by atoms with Crippen molar-refractivity contribution in [2.75, 3.05) is 23.8 Å². The van der Waals surface area contributed by atoms with Crippen molar-refractivity contribution in [3.8, 4) is 5.75 Å². The molecule has 1 aromatic heterocycles. The first-order chi connectivity index (χ1) is 10.7. The minimum Gasteiger partial charge on any atom is -0.482 e. The molecule has 2 amide bonds. The molecule has 0 aliphatic rings. The van der Waals surface area contributed by atoms with Gasteiger partial charge < -0.3 is 20.1 Å². The third-order valence-electron chi connectivity index (χ3n) is 2.53. The molecule has 0 aliphatic heterocycles. The molecule has 0 unspecified atom stereocenters. The summed E-state index contributed by atoms with van der Waals surface area (Å²) in [6.07, 6.45) is 3.05. The monoisotopic (exact) mass is 304 g/mol. The van der Waals surface area contributed by atoms with Crippen molar-refractivity contribution in [1.82, 2.24) is 10.2 Å². The number of amides is 2. The maximum absolute atomic E-state index is 11.7. The van der Waals surface area contributed by atoms with Crippen molar-refractivity contribution >= 4 is 23.4 Å². The first kappa shape index (κ1) is 15.4. The molecule has 8 heteroatoms. The molecular formula is C14H16N4O4. The Morgan fingerprint density at radius 1 is 1.18 bits per heavy atom. The van der Waals surface area contributed by atoms with Gasteiger partial charge in [-0.3, -0.25) is 5.10 Å². The molecule has 0 aliphatic carbocycles. The van der Waals surface area contributed by atoms with E-state index in [9.17, 15) is 9.59 Å². The number of esters is 1. The zero-order valence-electron chi connectivity index (χ0n) is 12.0. The van der Waals surface area contributed by atoms with Crippen LogP contribution in [0.2, 0.25) is 0 Å². The van der Waals surface area contributed by atoms with Crippen molar-refractivity contribution in [3.63, 3.8) is 0 Å². The Kier molecular flexibility index (Phi) is 5.36. The topological polar surface area (TPSA) is 105 Å². The lowest BCUT2D eigenvalue weighted by molar-refractivity contribution is -0.145. The highest BCUT2D eigenvalue weighted by Crippen LogP contribution is 2.16. The second-order valence-corrected chi connectivity index (χ2v) is 4.18. The SMILES string of the molecule is CCOC(=O)COc1ccc(NC(=O)Nc2cn[nH]c2)cc1. The van der Waals surface area contributed by atoms with Gasteiger partial charge in [0.15, 0.2) is 6.61 Å². The van der Waals surface area contributed by atoms with Gasteiger partial charge in [0.25, 0.3) is 0 Å². The van der Waals surface area contributed by atoms with Crippen molar-refractivity contribution in [1.29, 1.82) is 0 Å². The van der Waals surface area contributed by atoms with Gasteiger partial charge in [-0.2, -0.15) is 5.10 Å². The van der Waals surface area contributed by atoms with Crippen LogP contribution in [-0.2, 0) is 9.53 Å². The highest BCUT2D eigenvalue weighted by Gasteiger charge is 2.05. The van der Waals surface area contributed by atoms with Gasteiger partial charge in [0, 0.05) is 11.9 Å². The lowest BCUT2D eigenvalue weighted by Gasteiger charge is -2.08. The molecule has 116 valence electrons. The summed E-state index contributed by atoms with van der Waals surface area (Å²) in [5, 5.41) is 11.6. The van der Waals surface area contributed by atoms with Gasteiger partial charge in [-0.15, -0.1) is 0 Å². The summed E-state index contributed by atoms with van der Waals surface area (Å²) >= 11 is 0. The molecule has 22 heavy (non-hydrogen) atoms. The van der Waals surface area contributed by atoms with E-state index in [1.165, 1.54) is 6.20 Å². The number of hydrogen-bond donors (Lipinski definition) is 3. The Balaban J connectivity index is 1.81. The van der Waals surface area contributed by atoms with Gasteiger partial charge in [-0.05, 0) is 31.2 Å². The van der Waals surface area contributed by atoms with Crippen LogP contribution in [0.1, 0.15) is 6.92 Å². The Morgan fingerprint density at radius 3 is 2.55 bits per heavy atom. The molecule has 0 bridgehead atoms. The van der Waals surface area contributed by atoms with E-state index < -0.39 is 5.97 Å². The Morgan fingerprint density at radius 2 is 1.91 bits per heavy atom. The normalized spacial score (nSPS) is 9.86. The number of aromatic nitrogens is 2. The Bertz CT molecular complexity index is 610. The number of H-pyrrole nitrogens is 1. The van der Waals surface area contributed by atoms with E-state index in [4.69, 9.17) is 9.47 Å². The molecule has 2 rings (SSSR count). The van der Waals surface area contributed by atoms with Crippen LogP contribution in [0.5, 0.6) is 5.75 Å². The zero-order valence-corrected chi connectivity index (χ0v) is 12.0. The number of benzene rings is 1. The molecule has 0 saturated carbocycles. The highest BCUT2D eigenvalue weighted by molar-refractivity contribution is 5.99. The zero-order chi connectivity index (χ0) is 15.8. The molecule has 0 radical (unpaired) electrons. The van der Waals surface area contributed by atoms with Crippen LogP contribution in [0.15, 0.2) is 36.7 Å². The van der Waals surface area contributed by atoms with Gasteiger partial charge in [-0.25, -0.2) is 9.59 Å². The largest absolute Gasteiger partial charge is 0.482 e. The predicted molar refractivity (Wildman–Crippen MR) is 79.8 cm³/mol. The first-order valence-electron chi connectivity index (χ1n) is 6.62. The summed E-state index contributed by atoms with van der Waals surface area (Å²) in [7, 11) is 0. The fourth-order valence-corrected chi connectivity index (χ4v) is 1.59. The van der Waals surface area contributed by atoms with E-state index in [1.54, 1.807) is 37.4 Å². The number of ether oxygens (including phenoxy) is 2. The van der Waals surface area contributed by atoms with Crippen molar-refractivity contribution in [2.24, 2.45) is 0 Å². The fourth-order valence-electron chi connectivity index (χ4n) is 1.59. The minimum absolute atomic E-state index is 0.151. The van der Waals surface area contributed by atoms with Crippen molar-refractivity contribution in [2.45, 2.75) is 6.92 Å². The summed E-state index contributed by atoms with van der Waals surface area (Å²) in [5.74, 6) is 0.0815. The van der Waals surface area contributed by atoms with Crippen LogP contribution >= 0.6 is 0 Å². The van der Waals surface area contributed by atoms with Gasteiger partial charge in [0.1, 0.15) is 5.75 Å². The molecule has 0 spiro atoms. The van der Waals surface area contributed by atoms with Crippen LogP contribution in [0.25, 0.3) is 0 Å². The molecule has 3 N–H and O–H groups in total. The number of carbonyl (C=O) groups is 2. The Hall–Kier alpha value is -3.03. The van der Waals surface area contributed by atoms with Crippen LogP contribution < -0.4 is 15.4 Å². The van der Waals surface area contributed by atoms with E-state index in [1.807, 2.05) is 0 Å². The number of hydrogen-bond acceptors (Lipinski definition) is 5. The predicted octanol–water partition coefficient (Wildman–Crippen LogP) is 2.00. The summed E-state index contributed by atoms with van der Waals surface area (Å²) < 4.78 is 10.0. The number of urea groups is 1. The fraction of sp³-hybridized carbons (Fsp3) is 0.214. The molecule has 0 atom stereocenters. The molecule has 0 fully saturated rings. The van der Waals surface area contributed by atoms with Gasteiger partial charge in [0.2, 0.25) is 0 Å². The van der Waals surface area contributed by atoms with E-state index >= 15 is 0 Å². The lowest BCUT2D eigenvalue weighted by Crippen LogP contribution is -2.19. The van der Waals surface area contributed by atoms with Gasteiger partial charge >= 0.3 is 12.0 Å². The molecule has 1 aromatic carbocycles. The number of aromatic amines is 1. The van der Waals surface area contributed by atoms with Gasteiger partial charge in [-0.1, -0.05) is 0 Å². The van der Waals surface area contributed by atoms with E-state index in [0.717, 1.165) is 0 Å². The summed E-state index contributed by atoms with van der Waals surface area (Å²) in [4.78, 5) is 22.9. The second kappa shape index (κ2) is 7.67. The maximum atomic E-state index is 11.7. The molecule has 2 aromatic rings. The minimum atomic E-state index is -0.427. The molecule has 1 heterocycles. The van der Waals surface area contributed by atoms with Gasteiger partial charge in [0.05, 0.1) is 18.5 Å². The first-order valence-corrected chi connectivity index (χ1v) is 6.62. The number of nitrogens with zero attached hydrogens (tertiary/aromatic N) is 1. The third-order valence-corrected chi connectivity index (χ3v) is 2.53. The highest BCUT2D eigenvalue weighted by atomic mass is 16.6. The third kappa shape index (κ3) is 4.82. The lowest BCUT2D eigenvalue weighted by atomic mass is 10.3. The molecule has 8 nitrogen and oxygen atoms in total. The second-order valence-electron chi connectivity index (χ2n) is 4.18. The smallest absolute Gasteiger partial charge is 0.344 e. The van der Waals surface area contributed by atoms with Crippen molar-refractivity contribution in [3.05, 3.63) is 36.7 Å². The maximum Gasteiger partial charge on any atom is 0.344 e. The van der Waals surface area contributed by atoms with E-state index in [2.05, 4.69) is 20.8 Å². The molecule has 0 saturated heterocycles. The van der Waals surface area contributed by atoms with Crippen LogP contribution in [0.4, 0.5) is 16.2 Å². The van der Waals surface area contributed by atoms with Crippen LogP contribution in [0, 0.1) is 0 Å². The van der Waals surface area contributed by atoms with E-state index in [0.29, 0.717) is 23.7 Å². The van der Waals surface area contributed by atoms with Crippen molar-refractivity contribution < 1.29 is 19.1 Å². The summed E-state index contributed by atoms with van der Waals surface area (Å²) in [5.41, 5.74) is 1.15. The number of rotatable bonds is 6. The number of carbonyl (C=O) groups excluding carboxylic acids is 2. The quantitative estimate of drug-likeness (QED) is 0.708. The van der Waals surface area contributed by atoms with Crippen LogP contribution in [0.3, 0.4) is 0 Å². The number of nitrogens with one attached hydrogen (secondary N) is 3. The standard InChI is InChI=1S/C14H16N4O4/c1-2-21-13(19)9-22-12-5-3-10(4-6-12)17-14(20)18-11-7-15-16-8-11/h3-8H,2,9H2,1H3,(H,15,16)(H2,17,18,20). The number of anilines is 2. The van der Waals surface area contributed by atoms with Crippen LogP contribution in [-0.4, -0.2) is 35.4 Å².